The van der Waals surface area contributed by atoms with Crippen molar-refractivity contribution in [2.45, 2.75) is 0 Å². The molecular weight excluding hydrogens is 707 g/mol. The van der Waals surface area contributed by atoms with E-state index in [0.717, 1.165) is 67.3 Å². The molecular formula is C48H31N7O2. The number of nitrogens with zero attached hydrogens (tertiary/aromatic N) is 5. The van der Waals surface area contributed by atoms with Gasteiger partial charge in [-0.05, 0) is 83.8 Å². The van der Waals surface area contributed by atoms with E-state index >= 15 is 0 Å². The highest BCUT2D eigenvalue weighted by Gasteiger charge is 2.43. The van der Waals surface area contributed by atoms with Crippen molar-refractivity contribution in [3.8, 4) is 11.3 Å². The zero-order chi connectivity index (χ0) is 38.0. The first-order valence-corrected chi connectivity index (χ1v) is 18.7. The van der Waals surface area contributed by atoms with Gasteiger partial charge in [-0.3, -0.25) is 9.78 Å². The Kier molecular flexibility index (Phi) is 7.33. The van der Waals surface area contributed by atoms with Crippen molar-refractivity contribution in [3.63, 3.8) is 0 Å². The van der Waals surface area contributed by atoms with Crippen LogP contribution >= 0.6 is 0 Å². The van der Waals surface area contributed by atoms with Gasteiger partial charge in [0.25, 0.3) is 0 Å². The van der Waals surface area contributed by atoms with Crippen LogP contribution in [0.1, 0.15) is 11.4 Å². The lowest BCUT2D eigenvalue weighted by Crippen LogP contribution is -2.37. The molecule has 1 atom stereocenters. The van der Waals surface area contributed by atoms with Crippen molar-refractivity contribution < 1.29 is 9.90 Å². The number of carbonyl (C=O) groups is 1. The summed E-state index contributed by atoms with van der Waals surface area (Å²) in [5.41, 5.74) is 10.2. The van der Waals surface area contributed by atoms with Gasteiger partial charge in [0, 0.05) is 51.4 Å². The Morgan fingerprint density at radius 3 is 2.33 bits per heavy atom. The Morgan fingerprint density at radius 2 is 1.47 bits per heavy atom. The monoisotopic (exact) mass is 737 g/mol. The van der Waals surface area contributed by atoms with E-state index in [2.05, 4.69) is 33.8 Å². The number of Topliss-reactive ketones (excluding diaryl/α,β-unsaturated/α-hetero) is 1. The number of amidine groups is 2. The summed E-state index contributed by atoms with van der Waals surface area (Å²) in [5, 5.41) is 21.1. The molecule has 0 saturated carbocycles. The number of aliphatic hydroxyl groups is 1. The van der Waals surface area contributed by atoms with Crippen LogP contribution in [-0.4, -0.2) is 32.5 Å². The first-order valence-electron chi connectivity index (χ1n) is 18.7. The molecule has 2 aliphatic heterocycles. The van der Waals surface area contributed by atoms with Crippen LogP contribution in [0.15, 0.2) is 214 Å². The molecule has 0 amide bonds. The van der Waals surface area contributed by atoms with Crippen LogP contribution in [0, 0.1) is 5.92 Å². The molecule has 0 bridgehead atoms. The lowest BCUT2D eigenvalue weighted by molar-refractivity contribution is -0.114. The minimum Gasteiger partial charge on any atom is -0.505 e. The zero-order valence-corrected chi connectivity index (χ0v) is 30.3. The van der Waals surface area contributed by atoms with E-state index in [1.54, 1.807) is 6.20 Å². The molecule has 270 valence electrons. The van der Waals surface area contributed by atoms with Gasteiger partial charge in [0.1, 0.15) is 17.1 Å². The van der Waals surface area contributed by atoms with Crippen molar-refractivity contribution in [1.29, 1.82) is 0 Å². The van der Waals surface area contributed by atoms with Crippen molar-refractivity contribution in [2.75, 3.05) is 10.2 Å². The first-order chi connectivity index (χ1) is 28.1. The highest BCUT2D eigenvalue weighted by Crippen LogP contribution is 2.47. The summed E-state index contributed by atoms with van der Waals surface area (Å²) in [4.78, 5) is 35.6. The number of rotatable bonds is 6. The molecule has 5 aliphatic rings. The van der Waals surface area contributed by atoms with Gasteiger partial charge in [-0.25, -0.2) is 15.0 Å². The summed E-state index contributed by atoms with van der Waals surface area (Å²) < 4.78 is 0. The molecule has 6 aromatic rings. The number of para-hydroxylation sites is 1. The van der Waals surface area contributed by atoms with Crippen LogP contribution in [0.25, 0.3) is 22.0 Å². The third-order valence-electron chi connectivity index (χ3n) is 10.8. The van der Waals surface area contributed by atoms with E-state index in [4.69, 9.17) is 15.0 Å². The lowest BCUT2D eigenvalue weighted by atomic mass is 9.74. The molecule has 0 spiro atoms. The molecule has 9 heteroatoms. The largest absolute Gasteiger partial charge is 0.505 e. The lowest BCUT2D eigenvalue weighted by Gasteiger charge is -2.37. The number of nitrogens with one attached hydrogen (secondary N) is 2. The molecule has 2 aromatic heterocycles. The normalized spacial score (nSPS) is 18.9. The van der Waals surface area contributed by atoms with E-state index in [1.165, 1.54) is 0 Å². The van der Waals surface area contributed by atoms with Gasteiger partial charge in [0.2, 0.25) is 5.78 Å². The first kappa shape index (κ1) is 32.5. The Morgan fingerprint density at radius 1 is 0.702 bits per heavy atom. The number of aliphatic imine (C=N–C) groups is 2. The maximum absolute atomic E-state index is 14.5. The van der Waals surface area contributed by atoms with Crippen LogP contribution in [0.4, 0.5) is 22.7 Å². The number of ketones is 1. The van der Waals surface area contributed by atoms with Crippen LogP contribution in [-0.2, 0) is 4.79 Å². The number of anilines is 3. The van der Waals surface area contributed by atoms with Crippen LogP contribution in [0.3, 0.4) is 0 Å². The Bertz CT molecular complexity index is 2980. The molecule has 0 radical (unpaired) electrons. The van der Waals surface area contributed by atoms with Gasteiger partial charge in [0.05, 0.1) is 22.7 Å². The summed E-state index contributed by atoms with van der Waals surface area (Å²) in [6.45, 7) is 0. The highest BCUT2D eigenvalue weighted by molar-refractivity contribution is 6.23. The van der Waals surface area contributed by atoms with Gasteiger partial charge >= 0.3 is 0 Å². The zero-order valence-electron chi connectivity index (χ0n) is 30.3. The van der Waals surface area contributed by atoms with Gasteiger partial charge in [-0.15, -0.1) is 0 Å². The molecule has 4 heterocycles. The second-order valence-electron chi connectivity index (χ2n) is 14.1. The van der Waals surface area contributed by atoms with Crippen LogP contribution in [0.5, 0.6) is 0 Å². The summed E-state index contributed by atoms with van der Waals surface area (Å²) in [6, 6.07) is 41.4. The standard InChI is InChI=1S/C48H31N7O2/c56-45-43(33-24-25-38-42-32(33)17-9-22-37(42)53-47(54-38)39-18-4-5-26-49-39)46(57)44(45)55(30-14-2-1-3-15-30)31-16-6-13-29(27-31)34-19-10-23-40(50-34)48-51-35-20-7-11-28-12-8-21-36(52-48)41(28)35/h1-27,32,56H,(H,51,52)(H,53,54)/b43-33-. The van der Waals surface area contributed by atoms with E-state index in [9.17, 15) is 9.90 Å². The molecule has 1 unspecified atom stereocenters. The minimum absolute atomic E-state index is 0.0549. The van der Waals surface area contributed by atoms with Gasteiger partial charge in [0.15, 0.2) is 17.4 Å². The van der Waals surface area contributed by atoms with Gasteiger partial charge in [-0.1, -0.05) is 85.0 Å². The maximum atomic E-state index is 14.5. The fraction of sp³-hybridized carbons (Fsp3) is 0.0208. The Labute approximate surface area is 327 Å². The number of aliphatic hydroxyl groups excluding tert-OH is 1. The number of aromatic nitrogens is 2. The third kappa shape index (κ3) is 5.28. The predicted molar refractivity (Wildman–Crippen MR) is 224 cm³/mol. The summed E-state index contributed by atoms with van der Waals surface area (Å²) in [7, 11) is 0. The van der Waals surface area contributed by atoms with E-state index in [0.29, 0.717) is 28.6 Å². The van der Waals surface area contributed by atoms with E-state index in [-0.39, 0.29) is 23.2 Å². The van der Waals surface area contributed by atoms with Gasteiger partial charge in [-0.2, -0.15) is 0 Å². The molecule has 0 saturated heterocycles. The number of hydrogen-bond acceptors (Lipinski definition) is 9. The Hall–Kier alpha value is -7.91. The smallest absolute Gasteiger partial charge is 0.217 e. The Balaban J connectivity index is 0.959. The van der Waals surface area contributed by atoms with Crippen LogP contribution in [0.2, 0.25) is 0 Å². The number of allylic oxidation sites excluding steroid dienone is 9. The van der Waals surface area contributed by atoms with Crippen LogP contribution < -0.4 is 15.5 Å². The fourth-order valence-electron chi connectivity index (χ4n) is 8.18. The number of hydrogen-bond donors (Lipinski definition) is 3. The number of benzene rings is 4. The molecule has 3 N–H and O–H groups in total. The van der Waals surface area contributed by atoms with Crippen molar-refractivity contribution in [3.05, 3.63) is 215 Å². The molecule has 57 heavy (non-hydrogen) atoms. The summed E-state index contributed by atoms with van der Waals surface area (Å²) >= 11 is 0. The van der Waals surface area contributed by atoms with Crippen molar-refractivity contribution in [1.82, 2.24) is 15.3 Å². The quantitative estimate of drug-likeness (QED) is 0.146. The molecule has 4 aromatic carbocycles. The third-order valence-corrected chi connectivity index (χ3v) is 10.8. The number of carbonyl (C=O) groups excluding carboxylic acids is 1. The number of pyridine rings is 2. The minimum atomic E-state index is -0.273. The SMILES string of the molecule is O=C1C(N(c2ccccc2)c2cccc(-c3cccc(C4=Nc5cccc6cccc(c56)N4)n3)c2)=C(O)/C1=C1\C=CC2=C3C(=CC=CC31)NC(c1ccccn1)=N2. The van der Waals surface area contributed by atoms with E-state index < -0.39 is 0 Å². The molecule has 9 nitrogen and oxygen atoms in total. The van der Waals surface area contributed by atoms with E-state index in [1.807, 2.05) is 144 Å². The predicted octanol–water partition coefficient (Wildman–Crippen LogP) is 9.53. The topological polar surface area (TPSA) is 115 Å². The summed E-state index contributed by atoms with van der Waals surface area (Å²) in [5.74, 6) is 0.755. The van der Waals surface area contributed by atoms with Crippen molar-refractivity contribution in [2.24, 2.45) is 15.9 Å². The maximum Gasteiger partial charge on any atom is 0.217 e. The molecule has 3 aliphatic carbocycles. The average molecular weight is 738 g/mol. The van der Waals surface area contributed by atoms with Crippen molar-refractivity contribution >= 4 is 51.0 Å². The van der Waals surface area contributed by atoms with Gasteiger partial charge < -0.3 is 20.6 Å². The second-order valence-corrected chi connectivity index (χ2v) is 14.1. The fourth-order valence-corrected chi connectivity index (χ4v) is 8.18. The molecule has 0 fully saturated rings. The molecule has 11 rings (SSSR count). The average Bonchev–Trinajstić information content (AvgIpc) is 3.27. The second kappa shape index (κ2) is 12.9. The highest BCUT2D eigenvalue weighted by atomic mass is 16.3. The summed E-state index contributed by atoms with van der Waals surface area (Å²) in [6.07, 6.45) is 11.6.